The summed E-state index contributed by atoms with van der Waals surface area (Å²) in [6.45, 7) is 21.1. The molecule has 1 fully saturated rings. The van der Waals surface area contributed by atoms with E-state index in [1.807, 2.05) is 77.2 Å². The predicted molar refractivity (Wildman–Crippen MR) is 162 cm³/mol. The zero-order valence-electron chi connectivity index (χ0n) is 25.6. The number of rotatable bonds is 11. The largest absolute Gasteiger partial charge is 0.494 e. The van der Waals surface area contributed by atoms with Crippen LogP contribution >= 0.6 is 0 Å². The molecule has 1 atom stereocenters. The van der Waals surface area contributed by atoms with Crippen molar-refractivity contribution >= 4 is 26.8 Å². The molecule has 0 saturated carbocycles. The van der Waals surface area contributed by atoms with Crippen molar-refractivity contribution in [3.63, 3.8) is 0 Å². The van der Waals surface area contributed by atoms with Crippen LogP contribution in [0.25, 0.3) is 0 Å². The molecule has 2 N–H and O–H groups in total. The molecule has 8 heteroatoms. The SMILES string of the molecule is CC(C)c1ccc(C(Oc2ccc(B3OC(C)(C)C(C)(C)O3)cc2)C(=O)NCCCC(C)(C)[Si](C)(C)O)cc1. The van der Waals surface area contributed by atoms with Gasteiger partial charge < -0.3 is 24.2 Å². The quantitative estimate of drug-likeness (QED) is 0.260. The summed E-state index contributed by atoms with van der Waals surface area (Å²) >= 11 is 0. The highest BCUT2D eigenvalue weighted by atomic mass is 28.4. The van der Waals surface area contributed by atoms with E-state index in [2.05, 4.69) is 45.1 Å². The van der Waals surface area contributed by atoms with E-state index in [1.54, 1.807) is 0 Å². The summed E-state index contributed by atoms with van der Waals surface area (Å²) in [7, 11) is -2.74. The number of hydrogen-bond donors (Lipinski definition) is 2. The van der Waals surface area contributed by atoms with Gasteiger partial charge in [-0.15, -0.1) is 0 Å². The first kappa shape index (κ1) is 31.4. The van der Waals surface area contributed by atoms with Crippen molar-refractivity contribution in [2.45, 2.75) is 110 Å². The van der Waals surface area contributed by atoms with E-state index in [9.17, 15) is 9.59 Å². The Hall–Kier alpha value is -2.13. The van der Waals surface area contributed by atoms with Crippen LogP contribution in [0.5, 0.6) is 5.75 Å². The third-order valence-electron chi connectivity index (χ3n) is 8.74. The minimum Gasteiger partial charge on any atom is -0.476 e. The molecule has 1 amide bonds. The molecule has 0 aliphatic carbocycles. The molecule has 0 radical (unpaired) electrons. The van der Waals surface area contributed by atoms with Crippen LogP contribution in [0.2, 0.25) is 18.1 Å². The van der Waals surface area contributed by atoms with Gasteiger partial charge in [0.1, 0.15) is 5.75 Å². The number of carbonyl (C=O) groups excluding carboxylic acids is 1. The van der Waals surface area contributed by atoms with Crippen LogP contribution in [0.3, 0.4) is 0 Å². The molecule has 2 aromatic carbocycles. The van der Waals surface area contributed by atoms with Gasteiger partial charge in [-0.05, 0) is 87.7 Å². The Kier molecular flexibility index (Phi) is 9.48. The zero-order valence-corrected chi connectivity index (χ0v) is 26.6. The fraction of sp³-hybridized carbons (Fsp3) is 0.581. The highest BCUT2D eigenvalue weighted by Crippen LogP contribution is 2.39. The van der Waals surface area contributed by atoms with Gasteiger partial charge in [0.05, 0.1) is 11.2 Å². The van der Waals surface area contributed by atoms with Gasteiger partial charge in [0.15, 0.2) is 8.32 Å². The van der Waals surface area contributed by atoms with Crippen molar-refractivity contribution in [3.05, 3.63) is 59.7 Å². The summed E-state index contributed by atoms with van der Waals surface area (Å²) < 4.78 is 18.6. The molecule has 214 valence electrons. The molecule has 1 aliphatic rings. The summed E-state index contributed by atoms with van der Waals surface area (Å²) in [5.74, 6) is 0.815. The lowest BCUT2D eigenvalue weighted by molar-refractivity contribution is -0.128. The Morgan fingerprint density at radius 1 is 0.974 bits per heavy atom. The molecule has 6 nitrogen and oxygen atoms in total. The average Bonchev–Trinajstić information content (AvgIpc) is 3.06. The second-order valence-electron chi connectivity index (χ2n) is 13.3. The molecule has 3 rings (SSSR count). The lowest BCUT2D eigenvalue weighted by Gasteiger charge is -2.35. The van der Waals surface area contributed by atoms with E-state index >= 15 is 0 Å². The number of ether oxygens (including phenoxy) is 1. The van der Waals surface area contributed by atoms with Crippen molar-refractivity contribution in [1.82, 2.24) is 5.32 Å². The zero-order chi connectivity index (χ0) is 29.2. The van der Waals surface area contributed by atoms with Crippen LogP contribution in [-0.2, 0) is 14.1 Å². The standard InChI is InChI=1S/C31H48BNO5Si/c1-22(2)23-12-14-24(15-13-23)27(28(34)33-21-11-20-29(3,4)39(9,10)35)36-26-18-16-25(17-19-26)32-37-30(5,6)31(7,8)38-32/h12-19,22,27,35H,11,20-21H2,1-10H3,(H,33,34). The number of nitrogens with one attached hydrogen (secondary N) is 1. The van der Waals surface area contributed by atoms with E-state index < -0.39 is 32.7 Å². The highest BCUT2D eigenvalue weighted by Gasteiger charge is 2.51. The second kappa shape index (κ2) is 11.8. The second-order valence-corrected chi connectivity index (χ2v) is 17.8. The van der Waals surface area contributed by atoms with Gasteiger partial charge in [0, 0.05) is 12.1 Å². The first-order valence-electron chi connectivity index (χ1n) is 14.2. The van der Waals surface area contributed by atoms with Crippen molar-refractivity contribution in [2.75, 3.05) is 6.54 Å². The molecule has 1 heterocycles. The van der Waals surface area contributed by atoms with Crippen LogP contribution in [0.15, 0.2) is 48.5 Å². The fourth-order valence-electron chi connectivity index (χ4n) is 4.29. The van der Waals surface area contributed by atoms with Crippen molar-refractivity contribution in [3.8, 4) is 5.75 Å². The molecule has 0 bridgehead atoms. The summed E-state index contributed by atoms with van der Waals surface area (Å²) in [5.41, 5.74) is 2.09. The maximum atomic E-state index is 13.4. The average molecular weight is 554 g/mol. The number of amides is 1. The fourth-order valence-corrected chi connectivity index (χ4v) is 5.08. The number of benzene rings is 2. The Balaban J connectivity index is 1.73. The van der Waals surface area contributed by atoms with Gasteiger partial charge in [-0.3, -0.25) is 4.79 Å². The molecule has 39 heavy (non-hydrogen) atoms. The van der Waals surface area contributed by atoms with Crippen molar-refractivity contribution in [1.29, 1.82) is 0 Å². The highest BCUT2D eigenvalue weighted by molar-refractivity contribution is 6.72. The molecule has 1 aliphatic heterocycles. The van der Waals surface area contributed by atoms with Crippen molar-refractivity contribution < 1.29 is 23.6 Å². The normalized spacial score (nSPS) is 17.8. The summed E-state index contributed by atoms with van der Waals surface area (Å²) in [6, 6.07) is 15.6. The van der Waals surface area contributed by atoms with E-state index in [1.165, 1.54) is 5.56 Å². The molecule has 1 saturated heterocycles. The molecule has 1 unspecified atom stereocenters. The van der Waals surface area contributed by atoms with Crippen LogP contribution in [0, 0.1) is 0 Å². The van der Waals surface area contributed by atoms with E-state index in [0.29, 0.717) is 18.2 Å². The first-order valence-corrected chi connectivity index (χ1v) is 17.1. The number of hydrogen-bond acceptors (Lipinski definition) is 5. The lowest BCUT2D eigenvalue weighted by Crippen LogP contribution is -2.41. The number of carbonyl (C=O) groups is 1. The van der Waals surface area contributed by atoms with Crippen LogP contribution < -0.4 is 15.5 Å². The summed E-state index contributed by atoms with van der Waals surface area (Å²) in [4.78, 5) is 24.0. The maximum Gasteiger partial charge on any atom is 0.494 e. The van der Waals surface area contributed by atoms with Gasteiger partial charge in [-0.25, -0.2) is 0 Å². The van der Waals surface area contributed by atoms with Gasteiger partial charge in [0.25, 0.3) is 5.91 Å². The van der Waals surface area contributed by atoms with Gasteiger partial charge in [-0.1, -0.05) is 64.1 Å². The Morgan fingerprint density at radius 2 is 1.49 bits per heavy atom. The van der Waals surface area contributed by atoms with E-state index in [4.69, 9.17) is 14.0 Å². The van der Waals surface area contributed by atoms with E-state index in [-0.39, 0.29) is 10.9 Å². The molecular formula is C31H48BNO5Si. The predicted octanol–water partition coefficient (Wildman–Crippen LogP) is 6.10. The van der Waals surface area contributed by atoms with Crippen LogP contribution in [0.1, 0.15) is 91.4 Å². The summed E-state index contributed by atoms with van der Waals surface area (Å²) in [6.07, 6.45) is 0.848. The Labute approximate surface area is 237 Å². The topological polar surface area (TPSA) is 77.0 Å². The molecule has 0 aromatic heterocycles. The Bertz CT molecular complexity index is 1090. The first-order chi connectivity index (χ1) is 17.9. The third kappa shape index (κ3) is 7.54. The third-order valence-corrected chi connectivity index (χ3v) is 12.3. The van der Waals surface area contributed by atoms with Crippen molar-refractivity contribution in [2.24, 2.45) is 0 Å². The lowest BCUT2D eigenvalue weighted by atomic mass is 9.79. The van der Waals surface area contributed by atoms with Crippen LogP contribution in [-0.4, -0.2) is 43.9 Å². The van der Waals surface area contributed by atoms with Gasteiger partial charge in [-0.2, -0.15) is 0 Å². The summed E-state index contributed by atoms with van der Waals surface area (Å²) in [5, 5.41) is 2.94. The van der Waals surface area contributed by atoms with E-state index in [0.717, 1.165) is 23.9 Å². The maximum absolute atomic E-state index is 13.4. The molecule has 2 aromatic rings. The van der Waals surface area contributed by atoms with Crippen LogP contribution in [0.4, 0.5) is 0 Å². The Morgan fingerprint density at radius 3 is 1.97 bits per heavy atom. The minimum atomic E-state index is -2.29. The molecular weight excluding hydrogens is 505 g/mol. The van der Waals surface area contributed by atoms with Gasteiger partial charge in [0.2, 0.25) is 6.10 Å². The van der Waals surface area contributed by atoms with Gasteiger partial charge >= 0.3 is 7.12 Å². The molecule has 0 spiro atoms. The smallest absolute Gasteiger partial charge is 0.476 e. The minimum absolute atomic E-state index is 0.126. The monoisotopic (exact) mass is 553 g/mol.